The van der Waals surface area contributed by atoms with E-state index in [4.69, 9.17) is 0 Å². The molecule has 0 saturated carbocycles. The van der Waals surface area contributed by atoms with Crippen molar-refractivity contribution >= 4 is 27.3 Å². The lowest BCUT2D eigenvalue weighted by Gasteiger charge is -2.13. The Labute approximate surface area is 107 Å². The normalized spacial score (nSPS) is 12.6. The molecule has 0 aliphatic heterocycles. The number of rotatable bonds is 4. The maximum Gasteiger partial charge on any atom is 0.0794 e. The highest BCUT2D eigenvalue weighted by atomic mass is 79.9. The van der Waals surface area contributed by atoms with E-state index in [1.165, 1.54) is 10.4 Å². The van der Waals surface area contributed by atoms with E-state index in [-0.39, 0.29) is 0 Å². The van der Waals surface area contributed by atoms with Crippen molar-refractivity contribution in [1.29, 1.82) is 0 Å². The fourth-order valence-electron chi connectivity index (χ4n) is 1.55. The minimum Gasteiger partial charge on any atom is -0.312 e. The quantitative estimate of drug-likeness (QED) is 0.943. The van der Waals surface area contributed by atoms with Gasteiger partial charge in [0.05, 0.1) is 5.51 Å². The molecule has 0 amide bonds. The van der Waals surface area contributed by atoms with E-state index in [2.05, 4.69) is 37.3 Å². The summed E-state index contributed by atoms with van der Waals surface area (Å²) in [6, 6.07) is 2.40. The van der Waals surface area contributed by atoms with Gasteiger partial charge in [-0.2, -0.15) is 0 Å². The predicted octanol–water partition coefficient (Wildman–Crippen LogP) is 2.80. The Morgan fingerprint density at radius 1 is 1.38 bits per heavy atom. The predicted molar refractivity (Wildman–Crippen MR) is 69.6 cm³/mol. The highest BCUT2D eigenvalue weighted by Crippen LogP contribution is 2.22. The summed E-state index contributed by atoms with van der Waals surface area (Å²) in [5, 5.41) is 3.30. The molecular formula is C11H12BrN3S. The summed E-state index contributed by atoms with van der Waals surface area (Å²) in [4.78, 5) is 9.52. The molecule has 1 N–H and O–H groups in total. The van der Waals surface area contributed by atoms with Gasteiger partial charge >= 0.3 is 0 Å². The Hall–Kier alpha value is -0.780. The molecule has 0 aliphatic rings. The number of nitrogens with one attached hydrogen (secondary N) is 1. The van der Waals surface area contributed by atoms with Gasteiger partial charge in [-0.15, -0.1) is 11.3 Å². The van der Waals surface area contributed by atoms with Crippen LogP contribution in [0, 0.1) is 0 Å². The standard InChI is InChI=1S/C11H12BrN3S/c1-13-10(11-6-15-7-16-11)3-8-2-9(12)5-14-4-8/h2,4-7,10,13H,3H2,1H3. The third-order valence-electron chi connectivity index (χ3n) is 2.34. The maximum absolute atomic E-state index is 4.17. The van der Waals surface area contributed by atoms with Crippen molar-refractivity contribution in [2.45, 2.75) is 12.5 Å². The third kappa shape index (κ3) is 2.87. The first kappa shape index (κ1) is 11.7. The number of pyridine rings is 1. The molecule has 16 heavy (non-hydrogen) atoms. The van der Waals surface area contributed by atoms with Gasteiger partial charge in [0.2, 0.25) is 0 Å². The molecule has 1 unspecified atom stereocenters. The second-order valence-corrected chi connectivity index (χ2v) is 5.29. The lowest BCUT2D eigenvalue weighted by molar-refractivity contribution is 0.600. The Morgan fingerprint density at radius 2 is 2.25 bits per heavy atom. The summed E-state index contributed by atoms with van der Waals surface area (Å²) in [5.74, 6) is 0. The Bertz CT molecular complexity index is 444. The zero-order chi connectivity index (χ0) is 11.4. The molecule has 2 aromatic rings. The molecule has 5 heteroatoms. The molecule has 0 radical (unpaired) electrons. The van der Waals surface area contributed by atoms with Crippen LogP contribution in [0.2, 0.25) is 0 Å². The van der Waals surface area contributed by atoms with E-state index in [1.54, 1.807) is 17.5 Å². The van der Waals surface area contributed by atoms with Crippen LogP contribution in [0.5, 0.6) is 0 Å². The van der Waals surface area contributed by atoms with Gasteiger partial charge < -0.3 is 5.32 Å². The molecule has 2 rings (SSSR count). The van der Waals surface area contributed by atoms with Gasteiger partial charge in [-0.25, -0.2) is 0 Å². The molecule has 0 fully saturated rings. The van der Waals surface area contributed by atoms with Crippen molar-refractivity contribution < 1.29 is 0 Å². The summed E-state index contributed by atoms with van der Waals surface area (Å²) in [6.07, 6.45) is 6.53. The van der Waals surface area contributed by atoms with Gasteiger partial charge in [0.1, 0.15) is 0 Å². The third-order valence-corrected chi connectivity index (χ3v) is 3.67. The highest BCUT2D eigenvalue weighted by Gasteiger charge is 2.11. The zero-order valence-electron chi connectivity index (χ0n) is 8.85. The smallest absolute Gasteiger partial charge is 0.0794 e. The van der Waals surface area contributed by atoms with E-state index in [1.807, 2.05) is 25.0 Å². The molecule has 1 atom stereocenters. The first-order chi connectivity index (χ1) is 7.79. The van der Waals surface area contributed by atoms with Crippen LogP contribution in [-0.2, 0) is 6.42 Å². The first-order valence-electron chi connectivity index (χ1n) is 4.94. The maximum atomic E-state index is 4.17. The van der Waals surface area contributed by atoms with E-state index in [9.17, 15) is 0 Å². The second-order valence-electron chi connectivity index (χ2n) is 3.46. The molecule has 0 saturated heterocycles. The van der Waals surface area contributed by atoms with Crippen molar-refractivity contribution in [2.24, 2.45) is 0 Å². The Morgan fingerprint density at radius 3 is 2.88 bits per heavy atom. The van der Waals surface area contributed by atoms with Gasteiger partial charge in [0.25, 0.3) is 0 Å². The number of hydrogen-bond donors (Lipinski definition) is 1. The van der Waals surface area contributed by atoms with E-state index in [0.29, 0.717) is 6.04 Å². The lowest BCUT2D eigenvalue weighted by atomic mass is 10.1. The molecule has 0 bridgehead atoms. The summed E-state index contributed by atoms with van der Waals surface area (Å²) in [5.41, 5.74) is 3.07. The number of hydrogen-bond acceptors (Lipinski definition) is 4. The summed E-state index contributed by atoms with van der Waals surface area (Å²) in [6.45, 7) is 0. The van der Waals surface area contributed by atoms with Crippen molar-refractivity contribution in [3.05, 3.63) is 45.1 Å². The SMILES string of the molecule is CNC(Cc1cncc(Br)c1)c1cncs1. The molecule has 2 aromatic heterocycles. The number of aromatic nitrogens is 2. The van der Waals surface area contributed by atoms with E-state index < -0.39 is 0 Å². The molecule has 2 heterocycles. The fourth-order valence-corrected chi connectivity index (χ4v) is 2.69. The summed E-state index contributed by atoms with van der Waals surface area (Å²) >= 11 is 5.10. The monoisotopic (exact) mass is 297 g/mol. The summed E-state index contributed by atoms with van der Waals surface area (Å²) in [7, 11) is 1.97. The van der Waals surface area contributed by atoms with Crippen LogP contribution < -0.4 is 5.32 Å². The molecule has 0 aliphatic carbocycles. The van der Waals surface area contributed by atoms with Crippen LogP contribution in [0.4, 0.5) is 0 Å². The number of likely N-dealkylation sites (N-methyl/N-ethyl adjacent to an activating group) is 1. The van der Waals surface area contributed by atoms with Gasteiger partial charge in [0.15, 0.2) is 0 Å². The van der Waals surface area contributed by atoms with Crippen molar-refractivity contribution in [3.8, 4) is 0 Å². The van der Waals surface area contributed by atoms with Gasteiger partial charge in [-0.05, 0) is 41.0 Å². The van der Waals surface area contributed by atoms with Crippen LogP contribution in [-0.4, -0.2) is 17.0 Å². The molecule has 3 nitrogen and oxygen atoms in total. The van der Waals surface area contributed by atoms with Crippen LogP contribution in [0.25, 0.3) is 0 Å². The fraction of sp³-hybridized carbons (Fsp3) is 0.273. The highest BCUT2D eigenvalue weighted by molar-refractivity contribution is 9.10. The number of thiazole rings is 1. The zero-order valence-corrected chi connectivity index (χ0v) is 11.3. The minimum atomic E-state index is 0.309. The van der Waals surface area contributed by atoms with Crippen LogP contribution >= 0.6 is 27.3 Å². The summed E-state index contributed by atoms with van der Waals surface area (Å²) < 4.78 is 1.02. The van der Waals surface area contributed by atoms with Gasteiger partial charge in [-0.3, -0.25) is 9.97 Å². The minimum absolute atomic E-state index is 0.309. The van der Waals surface area contributed by atoms with Gasteiger partial charge in [-0.1, -0.05) is 0 Å². The van der Waals surface area contributed by atoms with Crippen molar-refractivity contribution in [3.63, 3.8) is 0 Å². The average molecular weight is 298 g/mol. The largest absolute Gasteiger partial charge is 0.312 e. The number of nitrogens with zero attached hydrogens (tertiary/aromatic N) is 2. The van der Waals surface area contributed by atoms with Crippen LogP contribution in [0.1, 0.15) is 16.5 Å². The number of halogens is 1. The van der Waals surface area contributed by atoms with E-state index >= 15 is 0 Å². The van der Waals surface area contributed by atoms with Crippen molar-refractivity contribution in [2.75, 3.05) is 7.05 Å². The topological polar surface area (TPSA) is 37.8 Å². The molecular weight excluding hydrogens is 286 g/mol. The first-order valence-corrected chi connectivity index (χ1v) is 6.62. The molecule has 84 valence electrons. The van der Waals surface area contributed by atoms with E-state index in [0.717, 1.165) is 10.9 Å². The molecule has 0 spiro atoms. The second kappa shape index (κ2) is 5.52. The van der Waals surface area contributed by atoms with Crippen LogP contribution in [0.3, 0.4) is 0 Å². The van der Waals surface area contributed by atoms with Crippen molar-refractivity contribution in [1.82, 2.24) is 15.3 Å². The average Bonchev–Trinajstić information content (AvgIpc) is 2.79. The Balaban J connectivity index is 2.13. The van der Waals surface area contributed by atoms with Gasteiger partial charge in [0, 0.05) is 34.0 Å². The lowest BCUT2D eigenvalue weighted by Crippen LogP contribution is -2.17. The Kier molecular flexibility index (Phi) is 4.04. The van der Waals surface area contributed by atoms with Crippen LogP contribution in [0.15, 0.2) is 34.6 Å². The molecule has 0 aromatic carbocycles.